The quantitative estimate of drug-likeness (QED) is 0.384. The number of hydrogen-bond acceptors (Lipinski definition) is 7. The van der Waals surface area contributed by atoms with Crippen molar-refractivity contribution in [2.75, 3.05) is 38.3 Å². The highest BCUT2D eigenvalue weighted by atomic mass is 19.1. The molecule has 0 amide bonds. The van der Waals surface area contributed by atoms with Gasteiger partial charge in [-0.1, -0.05) is 12.1 Å². The first-order valence-corrected chi connectivity index (χ1v) is 11.3. The van der Waals surface area contributed by atoms with E-state index in [9.17, 15) is 9.50 Å². The van der Waals surface area contributed by atoms with E-state index in [-0.39, 0.29) is 24.0 Å². The van der Waals surface area contributed by atoms with Crippen LogP contribution >= 0.6 is 0 Å². The Labute approximate surface area is 199 Å². The number of nitrogens with zero attached hydrogens (tertiary/aromatic N) is 3. The second-order valence-electron chi connectivity index (χ2n) is 8.69. The number of aliphatic hydroxyl groups excluding tert-OH is 1. The second kappa shape index (κ2) is 11.9. The van der Waals surface area contributed by atoms with Crippen LogP contribution in [-0.4, -0.2) is 64.5 Å². The summed E-state index contributed by atoms with van der Waals surface area (Å²) in [7, 11) is 0. The largest absolute Gasteiger partial charge is 0.460 e. The van der Waals surface area contributed by atoms with Crippen molar-refractivity contribution in [1.29, 1.82) is 0 Å². The zero-order valence-electron chi connectivity index (χ0n) is 20.1. The molecule has 2 N–H and O–H groups in total. The Hall–Kier alpha value is -3.01. The summed E-state index contributed by atoms with van der Waals surface area (Å²) in [6, 6.07) is 13.8. The lowest BCUT2D eigenvalue weighted by molar-refractivity contribution is -0.0449. The maximum atomic E-state index is 13.9. The fourth-order valence-electron chi connectivity index (χ4n) is 3.05. The molecule has 1 heterocycles. The van der Waals surface area contributed by atoms with Gasteiger partial charge >= 0.3 is 6.01 Å². The van der Waals surface area contributed by atoms with Crippen molar-refractivity contribution >= 4 is 5.69 Å². The number of ether oxygens (including phenoxy) is 3. The molecule has 0 spiro atoms. The van der Waals surface area contributed by atoms with Crippen LogP contribution in [0.1, 0.15) is 27.7 Å². The minimum Gasteiger partial charge on any atom is -0.460 e. The van der Waals surface area contributed by atoms with E-state index in [0.29, 0.717) is 37.8 Å². The number of aromatic nitrogens is 3. The Bertz CT molecular complexity index is 1030. The molecule has 0 bridgehead atoms. The van der Waals surface area contributed by atoms with Crippen LogP contribution in [0, 0.1) is 5.82 Å². The van der Waals surface area contributed by atoms with E-state index in [1.807, 2.05) is 52.0 Å². The van der Waals surface area contributed by atoms with Gasteiger partial charge in [-0.05, 0) is 64.1 Å². The highest BCUT2D eigenvalue weighted by molar-refractivity contribution is 5.59. The lowest BCUT2D eigenvalue weighted by Crippen LogP contribution is -2.30. The van der Waals surface area contributed by atoms with E-state index in [0.717, 1.165) is 11.4 Å². The molecular formula is C25H33FN4O4. The average molecular weight is 473 g/mol. The summed E-state index contributed by atoms with van der Waals surface area (Å²) in [6.07, 6.45) is -0.634. The molecule has 0 saturated heterocycles. The Balaban J connectivity index is 1.73. The van der Waals surface area contributed by atoms with Crippen LogP contribution in [0.4, 0.5) is 10.1 Å². The van der Waals surface area contributed by atoms with Gasteiger partial charge in [0.2, 0.25) is 0 Å². The smallest absolute Gasteiger partial charge is 0.336 e. The molecule has 3 rings (SSSR count). The van der Waals surface area contributed by atoms with Crippen LogP contribution in [0.15, 0.2) is 48.5 Å². The minimum atomic E-state index is -0.634. The van der Waals surface area contributed by atoms with Gasteiger partial charge in [-0.2, -0.15) is 4.98 Å². The van der Waals surface area contributed by atoms with E-state index in [1.165, 1.54) is 12.1 Å². The monoisotopic (exact) mass is 472 g/mol. The van der Waals surface area contributed by atoms with Crippen LogP contribution in [0.2, 0.25) is 0 Å². The predicted molar refractivity (Wildman–Crippen MR) is 129 cm³/mol. The molecule has 34 heavy (non-hydrogen) atoms. The number of aliphatic hydroxyl groups is 1. The van der Waals surface area contributed by atoms with Crippen molar-refractivity contribution in [2.45, 2.75) is 39.4 Å². The van der Waals surface area contributed by atoms with E-state index in [1.54, 1.807) is 16.8 Å². The Morgan fingerprint density at radius 1 is 1.12 bits per heavy atom. The molecule has 3 aromatic rings. The molecule has 0 aliphatic heterocycles. The molecule has 9 heteroatoms. The zero-order valence-corrected chi connectivity index (χ0v) is 20.1. The lowest BCUT2D eigenvalue weighted by Gasteiger charge is -2.22. The van der Waals surface area contributed by atoms with Gasteiger partial charge in [0, 0.05) is 24.4 Å². The van der Waals surface area contributed by atoms with E-state index >= 15 is 0 Å². The van der Waals surface area contributed by atoms with Crippen LogP contribution in [0.25, 0.3) is 17.1 Å². The van der Waals surface area contributed by atoms with Gasteiger partial charge in [-0.3, -0.25) is 0 Å². The topological polar surface area (TPSA) is 90.7 Å². The Kier molecular flexibility index (Phi) is 8.98. The molecule has 2 aromatic carbocycles. The van der Waals surface area contributed by atoms with Gasteiger partial charge in [-0.25, -0.2) is 9.07 Å². The third kappa shape index (κ3) is 7.79. The highest BCUT2D eigenvalue weighted by Crippen LogP contribution is 2.25. The average Bonchev–Trinajstić information content (AvgIpc) is 3.23. The van der Waals surface area contributed by atoms with Gasteiger partial charge in [0.05, 0.1) is 30.6 Å². The lowest BCUT2D eigenvalue weighted by atomic mass is 10.2. The summed E-state index contributed by atoms with van der Waals surface area (Å²) in [4.78, 5) is 4.46. The third-order valence-electron chi connectivity index (χ3n) is 4.70. The first-order chi connectivity index (χ1) is 16.2. The van der Waals surface area contributed by atoms with E-state index < -0.39 is 6.10 Å². The van der Waals surface area contributed by atoms with E-state index in [2.05, 4.69) is 15.4 Å². The Morgan fingerprint density at radius 2 is 1.88 bits per heavy atom. The van der Waals surface area contributed by atoms with Gasteiger partial charge in [-0.15, -0.1) is 5.10 Å². The molecule has 0 aliphatic rings. The van der Waals surface area contributed by atoms with Crippen LogP contribution in [0.5, 0.6) is 6.01 Å². The molecule has 8 nitrogen and oxygen atoms in total. The number of hydrogen-bond donors (Lipinski definition) is 2. The number of rotatable bonds is 12. The summed E-state index contributed by atoms with van der Waals surface area (Å²) >= 11 is 0. The van der Waals surface area contributed by atoms with Crippen molar-refractivity contribution in [3.63, 3.8) is 0 Å². The van der Waals surface area contributed by atoms with Gasteiger partial charge in [0.1, 0.15) is 12.4 Å². The molecular weight excluding hydrogens is 439 g/mol. The molecule has 1 aromatic heterocycles. The molecule has 184 valence electrons. The van der Waals surface area contributed by atoms with Crippen LogP contribution in [-0.2, 0) is 9.47 Å². The molecule has 0 saturated carbocycles. The Morgan fingerprint density at radius 3 is 2.56 bits per heavy atom. The molecule has 1 atom stereocenters. The second-order valence-corrected chi connectivity index (χ2v) is 8.69. The summed E-state index contributed by atoms with van der Waals surface area (Å²) in [5.41, 5.74) is 1.84. The SMILES string of the molecule is CCOCCOc1nc(-c2cccc(F)c2)n(-c2ccc(NCC(O)COC(C)(C)C)cc2)n1. The first-order valence-electron chi connectivity index (χ1n) is 11.3. The predicted octanol–water partition coefficient (Wildman–Crippen LogP) is 4.08. The van der Waals surface area contributed by atoms with Crippen LogP contribution < -0.4 is 10.1 Å². The molecule has 1 unspecified atom stereocenters. The summed E-state index contributed by atoms with van der Waals surface area (Å²) in [5.74, 6) is 0.0979. The number of anilines is 1. The van der Waals surface area contributed by atoms with Crippen molar-refractivity contribution in [1.82, 2.24) is 14.8 Å². The van der Waals surface area contributed by atoms with Crippen LogP contribution in [0.3, 0.4) is 0 Å². The summed E-state index contributed by atoms with van der Waals surface area (Å²) < 4.78 is 32.0. The van der Waals surface area contributed by atoms with Crippen molar-refractivity contribution < 1.29 is 23.7 Å². The van der Waals surface area contributed by atoms with Crippen molar-refractivity contribution in [2.24, 2.45) is 0 Å². The fourth-order valence-corrected chi connectivity index (χ4v) is 3.05. The van der Waals surface area contributed by atoms with E-state index in [4.69, 9.17) is 14.2 Å². The maximum Gasteiger partial charge on any atom is 0.336 e. The minimum absolute atomic E-state index is 0.183. The molecule has 0 radical (unpaired) electrons. The van der Waals surface area contributed by atoms with Gasteiger partial charge in [0.15, 0.2) is 5.82 Å². The third-order valence-corrected chi connectivity index (χ3v) is 4.70. The highest BCUT2D eigenvalue weighted by Gasteiger charge is 2.16. The van der Waals surface area contributed by atoms with Crippen molar-refractivity contribution in [3.8, 4) is 23.1 Å². The zero-order chi connectivity index (χ0) is 24.6. The maximum absolute atomic E-state index is 13.9. The standard InChI is InChI=1S/C25H33FN4O4/c1-5-32-13-14-33-24-28-23(18-7-6-8-19(26)15-18)30(29-24)21-11-9-20(10-12-21)27-16-22(31)17-34-25(2,3)4/h6-12,15,22,27,31H,5,13-14,16-17H2,1-4H3. The van der Waals surface area contributed by atoms with Gasteiger partial charge < -0.3 is 24.6 Å². The first kappa shape index (κ1) is 25.6. The number of halogens is 1. The van der Waals surface area contributed by atoms with Crippen molar-refractivity contribution in [3.05, 3.63) is 54.3 Å². The molecule has 0 aliphatic carbocycles. The normalized spacial score (nSPS) is 12.5. The number of benzene rings is 2. The van der Waals surface area contributed by atoms with Gasteiger partial charge in [0.25, 0.3) is 0 Å². The fraction of sp³-hybridized carbons (Fsp3) is 0.440. The molecule has 0 fully saturated rings. The summed E-state index contributed by atoms with van der Waals surface area (Å²) in [6.45, 7) is 9.69. The number of nitrogens with one attached hydrogen (secondary N) is 1. The summed E-state index contributed by atoms with van der Waals surface area (Å²) in [5, 5.41) is 17.8.